The van der Waals surface area contributed by atoms with Gasteiger partial charge in [0.15, 0.2) is 17.3 Å². The number of nitrogens with zero attached hydrogens (tertiary/aromatic N) is 2. The van der Waals surface area contributed by atoms with Gasteiger partial charge >= 0.3 is 5.91 Å². The van der Waals surface area contributed by atoms with Gasteiger partial charge in [0, 0.05) is 22.6 Å². The first-order valence-electron chi connectivity index (χ1n) is 12.8. The molecule has 9 heteroatoms. The molecule has 0 aliphatic carbocycles. The molecule has 4 aromatic rings. The third kappa shape index (κ3) is 6.85. The topological polar surface area (TPSA) is 96.5 Å². The van der Waals surface area contributed by atoms with Crippen LogP contribution in [0, 0.1) is 13.8 Å². The number of hydrogen-bond acceptors (Lipinski definition) is 7. The second-order valence-corrected chi connectivity index (χ2v) is 10.2. The molecule has 2 heterocycles. The summed E-state index contributed by atoms with van der Waals surface area (Å²) in [5.74, 6) is 2.31. The third-order valence-electron chi connectivity index (χ3n) is 5.90. The van der Waals surface area contributed by atoms with E-state index in [0.717, 1.165) is 5.69 Å². The van der Waals surface area contributed by atoms with E-state index in [2.05, 4.69) is 41.1 Å². The van der Waals surface area contributed by atoms with Gasteiger partial charge in [-0.05, 0) is 95.3 Å². The van der Waals surface area contributed by atoms with Gasteiger partial charge in [-0.25, -0.2) is 5.43 Å². The van der Waals surface area contributed by atoms with Crippen molar-refractivity contribution in [3.05, 3.63) is 89.1 Å². The summed E-state index contributed by atoms with van der Waals surface area (Å²) in [4.78, 5) is 12.6. The average molecular weight is 546 g/mol. The van der Waals surface area contributed by atoms with Crippen molar-refractivity contribution in [1.29, 1.82) is 0 Å². The number of furan rings is 1. The van der Waals surface area contributed by atoms with E-state index in [9.17, 15) is 4.79 Å². The zero-order chi connectivity index (χ0) is 28.9. The molecule has 0 aliphatic rings. The number of aromatic nitrogens is 1. The average Bonchev–Trinajstić information content (AvgIpc) is 3.53. The standard InChI is InChI=1S/C31H35N3O6/c1-20-8-9-21(2)34(20)23-10-12-24(13-11-23)38-19-25-14-15-26(39-25)30(35)33-32-18-22-16-27(36-6)29(28(17-22)37-7)40-31(3,4)5/h8-18H,19H2,1-7H3,(H,33,35)/b32-18+. The van der Waals surface area contributed by atoms with E-state index in [0.29, 0.717) is 34.3 Å². The second kappa shape index (κ2) is 12.0. The molecule has 210 valence electrons. The van der Waals surface area contributed by atoms with Crippen molar-refractivity contribution in [2.75, 3.05) is 14.2 Å². The Morgan fingerprint density at radius 3 is 2.15 bits per heavy atom. The largest absolute Gasteiger partial charge is 0.493 e. The maximum absolute atomic E-state index is 12.6. The molecule has 40 heavy (non-hydrogen) atoms. The number of benzene rings is 2. The first-order valence-corrected chi connectivity index (χ1v) is 12.8. The zero-order valence-electron chi connectivity index (χ0n) is 23.9. The number of ether oxygens (including phenoxy) is 4. The van der Waals surface area contributed by atoms with Crippen molar-refractivity contribution >= 4 is 12.1 Å². The monoisotopic (exact) mass is 545 g/mol. The Hall–Kier alpha value is -4.66. The van der Waals surface area contributed by atoms with Crippen molar-refractivity contribution < 1.29 is 28.2 Å². The van der Waals surface area contributed by atoms with Crippen LogP contribution < -0.4 is 24.4 Å². The van der Waals surface area contributed by atoms with Gasteiger partial charge in [0.05, 0.1) is 20.4 Å². The Labute approximate surface area is 234 Å². The molecule has 0 atom stereocenters. The Morgan fingerprint density at radius 1 is 0.950 bits per heavy atom. The fourth-order valence-electron chi connectivity index (χ4n) is 4.10. The lowest BCUT2D eigenvalue weighted by Crippen LogP contribution is -2.23. The van der Waals surface area contributed by atoms with Gasteiger partial charge in [-0.1, -0.05) is 0 Å². The van der Waals surface area contributed by atoms with Crippen LogP contribution in [0.2, 0.25) is 0 Å². The number of nitrogens with one attached hydrogen (secondary N) is 1. The molecule has 0 aliphatic heterocycles. The summed E-state index contributed by atoms with van der Waals surface area (Å²) < 4.78 is 30.6. The molecule has 2 aromatic carbocycles. The van der Waals surface area contributed by atoms with Gasteiger partial charge in [0.1, 0.15) is 23.7 Å². The van der Waals surface area contributed by atoms with Crippen LogP contribution in [0.4, 0.5) is 0 Å². The first-order chi connectivity index (χ1) is 19.1. The van der Waals surface area contributed by atoms with E-state index < -0.39 is 11.5 Å². The minimum Gasteiger partial charge on any atom is -0.493 e. The fraction of sp³-hybridized carbons (Fsp3) is 0.290. The summed E-state index contributed by atoms with van der Waals surface area (Å²) in [7, 11) is 3.09. The maximum Gasteiger partial charge on any atom is 0.307 e. The van der Waals surface area contributed by atoms with Crippen LogP contribution in [0.5, 0.6) is 23.0 Å². The Balaban J connectivity index is 1.35. The molecule has 0 unspecified atom stereocenters. The van der Waals surface area contributed by atoms with Crippen molar-refractivity contribution in [1.82, 2.24) is 9.99 Å². The Kier molecular flexibility index (Phi) is 8.52. The van der Waals surface area contributed by atoms with Gasteiger partial charge in [-0.15, -0.1) is 0 Å². The number of hydrogen-bond donors (Lipinski definition) is 1. The van der Waals surface area contributed by atoms with Gasteiger partial charge in [-0.3, -0.25) is 4.79 Å². The van der Waals surface area contributed by atoms with Crippen molar-refractivity contribution in [2.45, 2.75) is 46.8 Å². The lowest BCUT2D eigenvalue weighted by atomic mass is 10.1. The van der Waals surface area contributed by atoms with Gasteiger partial charge < -0.3 is 27.9 Å². The minimum atomic E-state index is -0.490. The number of hydrazone groups is 1. The molecule has 1 amide bonds. The summed E-state index contributed by atoms with van der Waals surface area (Å²) in [5, 5.41) is 4.05. The fourth-order valence-corrected chi connectivity index (χ4v) is 4.10. The van der Waals surface area contributed by atoms with E-state index in [1.54, 1.807) is 38.5 Å². The molecule has 0 saturated carbocycles. The predicted octanol–water partition coefficient (Wildman–Crippen LogP) is 6.22. The molecule has 0 spiro atoms. The highest BCUT2D eigenvalue weighted by molar-refractivity contribution is 5.92. The molecular formula is C31H35N3O6. The predicted molar refractivity (Wildman–Crippen MR) is 153 cm³/mol. The van der Waals surface area contributed by atoms with Crippen LogP contribution in [-0.2, 0) is 6.61 Å². The van der Waals surface area contributed by atoms with Gasteiger partial charge in [0.2, 0.25) is 5.75 Å². The first kappa shape index (κ1) is 28.4. The van der Waals surface area contributed by atoms with Crippen LogP contribution in [0.15, 0.2) is 70.2 Å². The highest BCUT2D eigenvalue weighted by Gasteiger charge is 2.20. The molecule has 0 fully saturated rings. The highest BCUT2D eigenvalue weighted by atomic mass is 16.5. The molecule has 1 N–H and O–H groups in total. The van der Waals surface area contributed by atoms with Crippen molar-refractivity contribution in [2.24, 2.45) is 5.10 Å². The molecule has 0 bridgehead atoms. The van der Waals surface area contributed by atoms with Crippen LogP contribution in [-0.4, -0.2) is 36.5 Å². The van der Waals surface area contributed by atoms with Crippen molar-refractivity contribution in [3.63, 3.8) is 0 Å². The second-order valence-electron chi connectivity index (χ2n) is 10.2. The molecule has 4 rings (SSSR count). The van der Waals surface area contributed by atoms with E-state index in [-0.39, 0.29) is 12.4 Å². The van der Waals surface area contributed by atoms with Crippen LogP contribution in [0.25, 0.3) is 5.69 Å². The van der Waals surface area contributed by atoms with E-state index in [1.807, 2.05) is 45.0 Å². The number of methoxy groups -OCH3 is 2. The van der Waals surface area contributed by atoms with Gasteiger partial charge in [0.25, 0.3) is 0 Å². The van der Waals surface area contributed by atoms with Gasteiger partial charge in [-0.2, -0.15) is 5.10 Å². The summed E-state index contributed by atoms with van der Waals surface area (Å²) in [6.45, 7) is 10.1. The molecular weight excluding hydrogens is 510 g/mol. The molecule has 0 saturated heterocycles. The lowest BCUT2D eigenvalue weighted by molar-refractivity contribution is 0.0923. The zero-order valence-corrected chi connectivity index (χ0v) is 23.9. The third-order valence-corrected chi connectivity index (χ3v) is 5.90. The molecule has 0 radical (unpaired) electrons. The van der Waals surface area contributed by atoms with E-state index in [4.69, 9.17) is 23.4 Å². The number of amides is 1. The summed E-state index contributed by atoms with van der Waals surface area (Å²) in [6, 6.07) is 18.8. The summed E-state index contributed by atoms with van der Waals surface area (Å²) in [6.07, 6.45) is 1.48. The quantitative estimate of drug-likeness (QED) is 0.188. The van der Waals surface area contributed by atoms with E-state index >= 15 is 0 Å². The van der Waals surface area contributed by atoms with Crippen LogP contribution in [0.3, 0.4) is 0 Å². The summed E-state index contributed by atoms with van der Waals surface area (Å²) in [5.41, 5.74) is 6.08. The smallest absolute Gasteiger partial charge is 0.307 e. The number of aryl methyl sites for hydroxylation is 2. The summed E-state index contributed by atoms with van der Waals surface area (Å²) >= 11 is 0. The van der Waals surface area contributed by atoms with Crippen LogP contribution >= 0.6 is 0 Å². The maximum atomic E-state index is 12.6. The van der Waals surface area contributed by atoms with Crippen molar-refractivity contribution in [3.8, 4) is 28.7 Å². The molecule has 2 aromatic heterocycles. The normalized spacial score (nSPS) is 11.5. The highest BCUT2D eigenvalue weighted by Crippen LogP contribution is 2.40. The molecule has 9 nitrogen and oxygen atoms in total. The minimum absolute atomic E-state index is 0.119. The Bertz CT molecular complexity index is 1450. The number of carbonyl (C=O) groups excluding carboxylic acids is 1. The van der Waals surface area contributed by atoms with Crippen LogP contribution in [0.1, 0.15) is 54.0 Å². The number of carbonyl (C=O) groups is 1. The van der Waals surface area contributed by atoms with E-state index in [1.165, 1.54) is 17.6 Å². The number of rotatable bonds is 10. The lowest BCUT2D eigenvalue weighted by Gasteiger charge is -2.24. The SMILES string of the molecule is COc1cc(/C=N/NC(=O)c2ccc(COc3ccc(-n4c(C)ccc4C)cc3)o2)cc(OC)c1OC(C)(C)C. The Morgan fingerprint density at radius 2 is 1.57 bits per heavy atom.